The molecule has 2 rings (SSSR count). The molecule has 1 unspecified atom stereocenters. The Labute approximate surface area is 114 Å². The third kappa shape index (κ3) is 5.25. The summed E-state index contributed by atoms with van der Waals surface area (Å²) in [5.41, 5.74) is 13.5. The van der Waals surface area contributed by atoms with Gasteiger partial charge in [-0.15, -0.1) is 0 Å². The van der Waals surface area contributed by atoms with Crippen LogP contribution in [0, 0.1) is 0 Å². The Balaban J connectivity index is 0.000000550. The highest BCUT2D eigenvalue weighted by Crippen LogP contribution is 2.20. The average Bonchev–Trinajstić information content (AvgIpc) is 2.40. The molecule has 3 nitrogen and oxygen atoms in total. The molecular weight excluding hydrogens is 236 g/mol. The molecule has 2 aromatic carbocycles. The number of benzene rings is 2. The number of anilines is 1. The van der Waals surface area contributed by atoms with Crippen LogP contribution in [0.2, 0.25) is 0 Å². The maximum absolute atomic E-state index is 8.58. The Kier molecular flexibility index (Phi) is 6.16. The molecule has 0 saturated carbocycles. The lowest BCUT2D eigenvalue weighted by Crippen LogP contribution is -1.98. The first kappa shape index (κ1) is 14.8. The molecule has 0 aliphatic heterocycles. The topological polar surface area (TPSA) is 69.1 Å². The van der Waals surface area contributed by atoms with Gasteiger partial charge in [0.2, 0.25) is 6.41 Å². The van der Waals surface area contributed by atoms with Crippen molar-refractivity contribution in [3.05, 3.63) is 65.7 Å². The van der Waals surface area contributed by atoms with E-state index in [0.29, 0.717) is 5.92 Å². The van der Waals surface area contributed by atoms with Crippen LogP contribution in [-0.2, 0) is 11.2 Å². The Morgan fingerprint density at radius 3 is 2.32 bits per heavy atom. The fourth-order valence-corrected chi connectivity index (χ4v) is 1.97. The van der Waals surface area contributed by atoms with E-state index in [4.69, 9.17) is 10.5 Å². The van der Waals surface area contributed by atoms with Gasteiger partial charge >= 0.3 is 0 Å². The highest BCUT2D eigenvalue weighted by Gasteiger charge is 2.05. The van der Waals surface area contributed by atoms with Gasteiger partial charge in [-0.25, -0.2) is 0 Å². The maximum atomic E-state index is 8.58. The number of carbonyl (C=O) groups excluding carboxylic acids is 1. The minimum Gasteiger partial charge on any atom is -0.399 e. The lowest BCUT2D eigenvalue weighted by molar-refractivity contribution is -0.106. The van der Waals surface area contributed by atoms with E-state index in [9.17, 15) is 0 Å². The molecule has 19 heavy (non-hydrogen) atoms. The number of nitrogens with two attached hydrogens (primary N) is 2. The minimum absolute atomic E-state index is 0.250. The van der Waals surface area contributed by atoms with E-state index in [0.717, 1.165) is 12.1 Å². The van der Waals surface area contributed by atoms with E-state index in [2.05, 4.69) is 55.1 Å². The van der Waals surface area contributed by atoms with Gasteiger partial charge in [-0.05, 0) is 35.6 Å². The summed E-state index contributed by atoms with van der Waals surface area (Å²) in [4.78, 5) is 8.58. The predicted molar refractivity (Wildman–Crippen MR) is 79.7 cm³/mol. The van der Waals surface area contributed by atoms with E-state index < -0.39 is 0 Å². The zero-order valence-corrected chi connectivity index (χ0v) is 11.1. The molecule has 0 spiro atoms. The van der Waals surface area contributed by atoms with Crippen molar-refractivity contribution in [2.24, 2.45) is 5.73 Å². The normalized spacial score (nSPS) is 11.0. The van der Waals surface area contributed by atoms with Crippen LogP contribution in [0.4, 0.5) is 5.69 Å². The van der Waals surface area contributed by atoms with E-state index in [1.165, 1.54) is 11.1 Å². The fraction of sp³-hybridized carbons (Fsp3) is 0.188. The van der Waals surface area contributed by atoms with Gasteiger partial charge in [0.15, 0.2) is 0 Å². The van der Waals surface area contributed by atoms with Gasteiger partial charge in [0.25, 0.3) is 0 Å². The largest absolute Gasteiger partial charge is 0.399 e. The van der Waals surface area contributed by atoms with Crippen LogP contribution in [0.1, 0.15) is 24.0 Å². The molecule has 100 valence electrons. The molecule has 0 heterocycles. The molecular formula is C16H20N2O. The molecule has 0 fully saturated rings. The molecule has 2 aromatic rings. The first-order chi connectivity index (χ1) is 9.17. The van der Waals surface area contributed by atoms with Crippen LogP contribution in [0.15, 0.2) is 54.6 Å². The monoisotopic (exact) mass is 256 g/mol. The van der Waals surface area contributed by atoms with Crippen LogP contribution >= 0.6 is 0 Å². The summed E-state index contributed by atoms with van der Waals surface area (Å²) in [7, 11) is 0. The SMILES string of the molecule is CC(Cc1cccc(N)c1)c1ccccc1.NC=O. The first-order valence-corrected chi connectivity index (χ1v) is 6.22. The Morgan fingerprint density at radius 1 is 1.11 bits per heavy atom. The molecule has 0 bridgehead atoms. The summed E-state index contributed by atoms with van der Waals surface area (Å²) in [5.74, 6) is 0.531. The van der Waals surface area contributed by atoms with Crippen molar-refractivity contribution in [2.45, 2.75) is 19.3 Å². The van der Waals surface area contributed by atoms with Crippen molar-refractivity contribution in [3.8, 4) is 0 Å². The van der Waals surface area contributed by atoms with Gasteiger partial charge in [0, 0.05) is 5.69 Å². The van der Waals surface area contributed by atoms with Gasteiger partial charge in [-0.2, -0.15) is 0 Å². The Morgan fingerprint density at radius 2 is 1.74 bits per heavy atom. The van der Waals surface area contributed by atoms with Gasteiger partial charge < -0.3 is 11.5 Å². The van der Waals surface area contributed by atoms with E-state index in [-0.39, 0.29) is 6.41 Å². The first-order valence-electron chi connectivity index (χ1n) is 6.22. The van der Waals surface area contributed by atoms with E-state index >= 15 is 0 Å². The molecule has 0 aliphatic rings. The molecule has 3 heteroatoms. The predicted octanol–water partition coefficient (Wildman–Crippen LogP) is 2.72. The highest BCUT2D eigenvalue weighted by molar-refractivity contribution is 5.42. The minimum atomic E-state index is 0.250. The van der Waals surface area contributed by atoms with Crippen molar-refractivity contribution in [3.63, 3.8) is 0 Å². The third-order valence-electron chi connectivity index (χ3n) is 2.86. The quantitative estimate of drug-likeness (QED) is 0.655. The second-order valence-corrected chi connectivity index (χ2v) is 4.40. The average molecular weight is 256 g/mol. The lowest BCUT2D eigenvalue weighted by atomic mass is 9.94. The van der Waals surface area contributed by atoms with Crippen LogP contribution < -0.4 is 11.5 Å². The second kappa shape index (κ2) is 7.93. The second-order valence-electron chi connectivity index (χ2n) is 4.40. The number of rotatable bonds is 3. The van der Waals surface area contributed by atoms with Crippen molar-refractivity contribution in [1.29, 1.82) is 0 Å². The lowest BCUT2D eigenvalue weighted by Gasteiger charge is -2.12. The molecule has 0 saturated heterocycles. The van der Waals surface area contributed by atoms with Gasteiger partial charge in [-0.1, -0.05) is 49.4 Å². The Hall–Kier alpha value is -2.29. The maximum Gasteiger partial charge on any atom is 0.204 e. The Bertz CT molecular complexity index is 497. The van der Waals surface area contributed by atoms with Crippen molar-refractivity contribution in [1.82, 2.24) is 0 Å². The number of primary amides is 1. The van der Waals surface area contributed by atoms with Crippen LogP contribution in [-0.4, -0.2) is 6.41 Å². The summed E-state index contributed by atoms with van der Waals surface area (Å²) in [6.45, 7) is 2.25. The number of nitrogen functional groups attached to an aromatic ring is 1. The molecule has 0 aliphatic carbocycles. The number of hydrogen-bond acceptors (Lipinski definition) is 2. The molecule has 1 atom stereocenters. The zero-order chi connectivity index (χ0) is 14.1. The smallest absolute Gasteiger partial charge is 0.204 e. The van der Waals surface area contributed by atoms with Gasteiger partial charge in [-0.3, -0.25) is 4.79 Å². The number of carbonyl (C=O) groups is 1. The van der Waals surface area contributed by atoms with Crippen LogP contribution in [0.25, 0.3) is 0 Å². The van der Waals surface area contributed by atoms with Crippen molar-refractivity contribution >= 4 is 12.1 Å². The van der Waals surface area contributed by atoms with E-state index in [1.54, 1.807) is 0 Å². The highest BCUT2D eigenvalue weighted by atomic mass is 16.1. The van der Waals surface area contributed by atoms with Crippen LogP contribution in [0.5, 0.6) is 0 Å². The van der Waals surface area contributed by atoms with Crippen molar-refractivity contribution in [2.75, 3.05) is 5.73 Å². The van der Waals surface area contributed by atoms with E-state index in [1.807, 2.05) is 12.1 Å². The third-order valence-corrected chi connectivity index (χ3v) is 2.86. The summed E-state index contributed by atoms with van der Waals surface area (Å²) in [5, 5.41) is 0. The molecule has 0 aromatic heterocycles. The van der Waals surface area contributed by atoms with Gasteiger partial charge in [0.05, 0.1) is 0 Å². The summed E-state index contributed by atoms with van der Waals surface area (Å²) < 4.78 is 0. The molecule has 1 amide bonds. The molecule has 0 radical (unpaired) electrons. The summed E-state index contributed by atoms with van der Waals surface area (Å²) >= 11 is 0. The summed E-state index contributed by atoms with van der Waals surface area (Å²) in [6, 6.07) is 18.7. The van der Waals surface area contributed by atoms with Crippen LogP contribution in [0.3, 0.4) is 0 Å². The standard InChI is InChI=1S/C15H17N.CH3NO/c1-12(14-7-3-2-4-8-14)10-13-6-5-9-15(16)11-13;2-1-3/h2-9,11-12H,10,16H2,1H3;1H,(H2,2,3). The molecule has 4 N–H and O–H groups in total. The summed E-state index contributed by atoms with van der Waals surface area (Å²) in [6.07, 6.45) is 1.29. The number of hydrogen-bond donors (Lipinski definition) is 2. The van der Waals surface area contributed by atoms with Crippen molar-refractivity contribution < 1.29 is 4.79 Å². The number of amides is 1. The van der Waals surface area contributed by atoms with Gasteiger partial charge in [0.1, 0.15) is 0 Å². The fourth-order valence-electron chi connectivity index (χ4n) is 1.97. The zero-order valence-electron chi connectivity index (χ0n) is 11.1.